The molecule has 11 heteroatoms. The number of aromatic amines is 1. The third-order valence-electron chi connectivity index (χ3n) is 4.76. The van der Waals surface area contributed by atoms with Crippen molar-refractivity contribution in [1.29, 1.82) is 5.26 Å². The number of carbonyl (C=O) groups is 2. The zero-order valence-electron chi connectivity index (χ0n) is 19.9. The molecule has 0 fully saturated rings. The molecule has 0 bridgehead atoms. The first-order valence-electron chi connectivity index (χ1n) is 11.0. The lowest BCUT2D eigenvalue weighted by atomic mass is 10.1. The molecule has 2 N–H and O–H groups in total. The Hall–Kier alpha value is -4.30. The lowest BCUT2D eigenvalue weighted by Gasteiger charge is -2.14. The minimum Gasteiger partial charge on any atom is -0.490 e. The number of rotatable bonds is 10. The number of carbonyl (C=O) groups excluding carboxylic acids is 2. The Balaban J connectivity index is 1.75. The topological polar surface area (TPSA) is 143 Å². The van der Waals surface area contributed by atoms with E-state index in [9.17, 15) is 19.6 Å². The van der Waals surface area contributed by atoms with Gasteiger partial charge in [0.2, 0.25) is 0 Å². The maximum atomic E-state index is 12.4. The summed E-state index contributed by atoms with van der Waals surface area (Å²) in [5.41, 5.74) is 0.948. The third kappa shape index (κ3) is 6.43. The molecule has 36 heavy (non-hydrogen) atoms. The molecule has 1 heterocycles. The lowest BCUT2D eigenvalue weighted by molar-refractivity contribution is -0.118. The van der Waals surface area contributed by atoms with E-state index < -0.39 is 17.4 Å². The monoisotopic (exact) mass is 508 g/mol. The van der Waals surface area contributed by atoms with Crippen LogP contribution in [0, 0.1) is 11.3 Å². The van der Waals surface area contributed by atoms with E-state index in [4.69, 9.17) is 14.2 Å². The highest BCUT2D eigenvalue weighted by atomic mass is 32.2. The molecule has 3 rings (SSSR count). The van der Waals surface area contributed by atoms with Crippen molar-refractivity contribution >= 4 is 29.3 Å². The van der Waals surface area contributed by atoms with Crippen LogP contribution in [0.4, 0.5) is 5.69 Å². The van der Waals surface area contributed by atoms with Gasteiger partial charge in [-0.25, -0.2) is 9.78 Å². The van der Waals surface area contributed by atoms with Crippen molar-refractivity contribution in [2.45, 2.75) is 19.0 Å². The molecule has 0 aliphatic heterocycles. The number of nitrogens with one attached hydrogen (secondary N) is 2. The van der Waals surface area contributed by atoms with Crippen LogP contribution in [0.25, 0.3) is 11.3 Å². The maximum absolute atomic E-state index is 12.4. The summed E-state index contributed by atoms with van der Waals surface area (Å²) in [4.78, 5) is 43.3. The van der Waals surface area contributed by atoms with Crippen LogP contribution in [0.15, 0.2) is 52.4 Å². The quantitative estimate of drug-likeness (QED) is 0.238. The van der Waals surface area contributed by atoms with Crippen LogP contribution in [0.5, 0.6) is 11.5 Å². The van der Waals surface area contributed by atoms with Crippen molar-refractivity contribution < 1.29 is 23.8 Å². The van der Waals surface area contributed by atoms with Gasteiger partial charge in [0.1, 0.15) is 11.6 Å². The molecule has 2 aromatic carbocycles. The Bertz CT molecular complexity index is 1350. The largest absolute Gasteiger partial charge is 0.490 e. The summed E-state index contributed by atoms with van der Waals surface area (Å²) < 4.78 is 16.3. The standard InChI is InChI=1S/C25H24N4O6S/c1-4-33-20-12-16(22-18(13-26)23(31)29-25(28-22)36-3)8-11-19(20)35-14-21(30)27-17-9-6-15(7-10-17)24(32)34-5-2/h6-12H,4-5,14H2,1-3H3,(H,27,30)(H,28,29,31). The highest BCUT2D eigenvalue weighted by Crippen LogP contribution is 2.33. The van der Waals surface area contributed by atoms with Crippen molar-refractivity contribution in [2.24, 2.45) is 0 Å². The number of thioether (sulfide) groups is 1. The first-order valence-corrected chi connectivity index (χ1v) is 12.2. The summed E-state index contributed by atoms with van der Waals surface area (Å²) in [6.07, 6.45) is 1.76. The van der Waals surface area contributed by atoms with Gasteiger partial charge >= 0.3 is 5.97 Å². The first-order chi connectivity index (χ1) is 17.4. The minimum absolute atomic E-state index is 0.114. The number of hydrogen-bond acceptors (Lipinski definition) is 9. The van der Waals surface area contributed by atoms with Crippen molar-refractivity contribution in [3.05, 3.63) is 63.9 Å². The number of H-pyrrole nitrogens is 1. The van der Waals surface area contributed by atoms with Crippen LogP contribution < -0.4 is 20.3 Å². The molecule has 0 spiro atoms. The molecule has 3 aromatic rings. The van der Waals surface area contributed by atoms with Gasteiger partial charge in [-0.3, -0.25) is 9.59 Å². The second kappa shape index (κ2) is 12.4. The fourth-order valence-corrected chi connectivity index (χ4v) is 3.53. The fraction of sp³-hybridized carbons (Fsp3) is 0.240. The van der Waals surface area contributed by atoms with E-state index in [1.807, 2.05) is 6.07 Å². The van der Waals surface area contributed by atoms with Crippen LogP contribution in [0.3, 0.4) is 0 Å². The van der Waals surface area contributed by atoms with Crippen LogP contribution in [0.1, 0.15) is 29.8 Å². The van der Waals surface area contributed by atoms with E-state index in [0.717, 1.165) is 0 Å². The molecular weight excluding hydrogens is 484 g/mol. The van der Waals surface area contributed by atoms with Crippen molar-refractivity contribution in [1.82, 2.24) is 9.97 Å². The van der Waals surface area contributed by atoms with E-state index in [1.165, 1.54) is 11.8 Å². The van der Waals surface area contributed by atoms with E-state index in [0.29, 0.717) is 40.1 Å². The second-order valence-electron chi connectivity index (χ2n) is 7.14. The number of esters is 1. The van der Waals surface area contributed by atoms with Crippen molar-refractivity contribution in [3.8, 4) is 28.8 Å². The van der Waals surface area contributed by atoms with Gasteiger partial charge in [-0.05, 0) is 62.6 Å². The Morgan fingerprint density at radius 1 is 1.08 bits per heavy atom. The number of anilines is 1. The number of aromatic nitrogens is 2. The fourth-order valence-electron chi connectivity index (χ4n) is 3.15. The molecule has 0 aliphatic rings. The summed E-state index contributed by atoms with van der Waals surface area (Å²) in [5, 5.41) is 12.5. The van der Waals surface area contributed by atoms with Crippen molar-refractivity contribution in [2.75, 3.05) is 31.4 Å². The summed E-state index contributed by atoms with van der Waals surface area (Å²) >= 11 is 1.25. The lowest BCUT2D eigenvalue weighted by Crippen LogP contribution is -2.20. The number of nitriles is 1. The van der Waals surface area contributed by atoms with Gasteiger partial charge < -0.3 is 24.5 Å². The molecule has 0 saturated heterocycles. The van der Waals surface area contributed by atoms with Crippen LogP contribution >= 0.6 is 11.8 Å². The minimum atomic E-state index is -0.530. The predicted octanol–water partition coefficient (Wildman–Crippen LogP) is 3.62. The van der Waals surface area contributed by atoms with Gasteiger partial charge in [0.15, 0.2) is 23.3 Å². The van der Waals surface area contributed by atoms with Gasteiger partial charge in [-0.15, -0.1) is 0 Å². The number of ether oxygens (including phenoxy) is 3. The number of amides is 1. The smallest absolute Gasteiger partial charge is 0.338 e. The van der Waals surface area contributed by atoms with Gasteiger partial charge in [0.25, 0.3) is 11.5 Å². The Kier molecular flexibility index (Phi) is 9.07. The molecule has 10 nitrogen and oxygen atoms in total. The summed E-state index contributed by atoms with van der Waals surface area (Å²) in [7, 11) is 0. The molecular formula is C25H24N4O6S. The summed E-state index contributed by atoms with van der Waals surface area (Å²) in [5.74, 6) is -0.217. The van der Waals surface area contributed by atoms with E-state index in [2.05, 4.69) is 15.3 Å². The third-order valence-corrected chi connectivity index (χ3v) is 5.34. The number of hydrogen-bond donors (Lipinski definition) is 2. The predicted molar refractivity (Wildman–Crippen MR) is 134 cm³/mol. The molecule has 1 aromatic heterocycles. The molecule has 0 unspecified atom stereocenters. The van der Waals surface area contributed by atoms with Crippen molar-refractivity contribution in [3.63, 3.8) is 0 Å². The molecule has 186 valence electrons. The highest BCUT2D eigenvalue weighted by Gasteiger charge is 2.17. The molecule has 0 radical (unpaired) electrons. The SMILES string of the molecule is CCOC(=O)c1ccc(NC(=O)COc2ccc(-c3nc(SC)[nH]c(=O)c3C#N)cc2OCC)cc1. The Labute approximate surface area is 211 Å². The van der Waals surface area contributed by atoms with Crippen LogP contribution in [-0.4, -0.2) is 47.9 Å². The van der Waals surface area contributed by atoms with Gasteiger partial charge in [-0.1, -0.05) is 11.8 Å². The normalized spacial score (nSPS) is 10.3. The molecule has 1 amide bonds. The summed E-state index contributed by atoms with van der Waals surface area (Å²) in [6, 6.07) is 13.0. The number of benzene rings is 2. The molecule has 0 aliphatic carbocycles. The Morgan fingerprint density at radius 2 is 1.83 bits per heavy atom. The van der Waals surface area contributed by atoms with Crippen LogP contribution in [-0.2, 0) is 9.53 Å². The zero-order chi connectivity index (χ0) is 26.1. The van der Waals surface area contributed by atoms with Gasteiger partial charge in [0.05, 0.1) is 24.5 Å². The Morgan fingerprint density at radius 3 is 2.47 bits per heavy atom. The van der Waals surface area contributed by atoms with Gasteiger partial charge in [-0.2, -0.15) is 5.26 Å². The van der Waals surface area contributed by atoms with Crippen LogP contribution in [0.2, 0.25) is 0 Å². The molecule has 0 atom stereocenters. The number of nitrogens with zero attached hydrogens (tertiary/aromatic N) is 2. The molecule has 0 saturated carbocycles. The highest BCUT2D eigenvalue weighted by molar-refractivity contribution is 7.98. The average molecular weight is 509 g/mol. The average Bonchev–Trinajstić information content (AvgIpc) is 2.88. The maximum Gasteiger partial charge on any atom is 0.338 e. The zero-order valence-corrected chi connectivity index (χ0v) is 20.7. The second-order valence-corrected chi connectivity index (χ2v) is 7.93. The summed E-state index contributed by atoms with van der Waals surface area (Å²) in [6.45, 7) is 3.81. The van der Waals surface area contributed by atoms with Gasteiger partial charge in [0, 0.05) is 11.3 Å². The van der Waals surface area contributed by atoms with E-state index >= 15 is 0 Å². The first kappa shape index (κ1) is 26.3. The van der Waals surface area contributed by atoms with E-state index in [-0.39, 0.29) is 24.5 Å². The van der Waals surface area contributed by atoms with E-state index in [1.54, 1.807) is 62.6 Å².